The van der Waals surface area contributed by atoms with Gasteiger partial charge in [0.15, 0.2) is 0 Å². The van der Waals surface area contributed by atoms with Crippen LogP contribution in [0.15, 0.2) is 54.7 Å². The van der Waals surface area contributed by atoms with Gasteiger partial charge in [-0.05, 0) is 38.5 Å². The molecule has 2 N–H and O–H groups in total. The molecule has 3 aromatic rings. The second kappa shape index (κ2) is 7.87. The van der Waals surface area contributed by atoms with Gasteiger partial charge < -0.3 is 10.2 Å². The number of aliphatic hydroxyl groups excluding tert-OH is 2. The molecule has 2 atom stereocenters. The Labute approximate surface area is 165 Å². The van der Waals surface area contributed by atoms with E-state index in [1.54, 1.807) is 0 Å². The molecule has 1 aromatic heterocycles. The molecule has 1 aliphatic heterocycles. The summed E-state index contributed by atoms with van der Waals surface area (Å²) in [5.41, 5.74) is 6.62. The van der Waals surface area contributed by atoms with Crippen molar-refractivity contribution in [3.05, 3.63) is 71.4 Å². The first-order valence-corrected chi connectivity index (χ1v) is 9.81. The van der Waals surface area contributed by atoms with Gasteiger partial charge in [-0.3, -0.25) is 4.90 Å². The van der Waals surface area contributed by atoms with Gasteiger partial charge in [-0.1, -0.05) is 41.5 Å². The topological polar surface area (TPSA) is 61.5 Å². The Bertz CT molecular complexity index is 949. The number of β-amino-alcohol motifs (C(OH)–C–C–N with tert-alkyl or cyclic N) is 1. The summed E-state index contributed by atoms with van der Waals surface area (Å²) in [5, 5.41) is 24.8. The van der Waals surface area contributed by atoms with E-state index in [1.165, 1.54) is 11.1 Å². The van der Waals surface area contributed by atoms with E-state index in [9.17, 15) is 10.2 Å². The van der Waals surface area contributed by atoms with Crippen LogP contribution in [0.4, 0.5) is 0 Å². The molecular formula is C23H27N3O2. The van der Waals surface area contributed by atoms with E-state index in [0.717, 1.165) is 29.1 Å². The van der Waals surface area contributed by atoms with Crippen LogP contribution < -0.4 is 0 Å². The van der Waals surface area contributed by atoms with Crippen LogP contribution in [0, 0.1) is 13.8 Å². The first-order valence-electron chi connectivity index (χ1n) is 9.81. The van der Waals surface area contributed by atoms with Gasteiger partial charge in [-0.25, -0.2) is 4.68 Å². The summed E-state index contributed by atoms with van der Waals surface area (Å²) in [6.07, 6.45) is 1.36. The zero-order valence-electron chi connectivity index (χ0n) is 16.4. The number of aryl methyl sites for hydroxylation is 2. The average molecular weight is 377 g/mol. The molecule has 4 rings (SSSR count). The van der Waals surface area contributed by atoms with Gasteiger partial charge in [0.1, 0.15) is 0 Å². The average Bonchev–Trinajstić information content (AvgIpc) is 3.09. The van der Waals surface area contributed by atoms with Crippen LogP contribution in [-0.4, -0.2) is 50.2 Å². The minimum atomic E-state index is -0.691. The van der Waals surface area contributed by atoms with Gasteiger partial charge in [0.2, 0.25) is 0 Å². The van der Waals surface area contributed by atoms with Crippen molar-refractivity contribution in [3.63, 3.8) is 0 Å². The third kappa shape index (κ3) is 4.02. The molecule has 5 nitrogen and oxygen atoms in total. The highest BCUT2D eigenvalue weighted by atomic mass is 16.3. The first-order chi connectivity index (χ1) is 13.5. The Morgan fingerprint density at radius 3 is 2.50 bits per heavy atom. The van der Waals surface area contributed by atoms with Gasteiger partial charge in [-0.2, -0.15) is 5.10 Å². The van der Waals surface area contributed by atoms with E-state index in [2.05, 4.69) is 73.5 Å². The van der Waals surface area contributed by atoms with Crippen LogP contribution in [0.2, 0.25) is 0 Å². The maximum Gasteiger partial charge on any atom is 0.0972 e. The number of aliphatic hydroxyl groups is 2. The molecule has 1 fully saturated rings. The van der Waals surface area contributed by atoms with Gasteiger partial charge in [0.05, 0.1) is 23.6 Å². The first kappa shape index (κ1) is 18.9. The van der Waals surface area contributed by atoms with Crippen LogP contribution >= 0.6 is 0 Å². The van der Waals surface area contributed by atoms with E-state index >= 15 is 0 Å². The summed E-state index contributed by atoms with van der Waals surface area (Å²) in [6.45, 7) is 6.10. The van der Waals surface area contributed by atoms with Crippen LogP contribution in [0.5, 0.6) is 0 Å². The standard InChI is InChI=1S/C23H27N3O2/c1-16-6-8-20(9-7-16)26-14-19(13-25-11-10-21(27)22(28)15-25)23(24-26)18-5-3-4-17(2)12-18/h3-9,12,14,21-22,27-28H,10-11,13,15H2,1-2H3/t21-,22-/m1/s1. The highest BCUT2D eigenvalue weighted by Gasteiger charge is 2.27. The van der Waals surface area contributed by atoms with Crippen LogP contribution in [-0.2, 0) is 6.54 Å². The number of piperidine rings is 1. The molecule has 28 heavy (non-hydrogen) atoms. The molecular weight excluding hydrogens is 350 g/mol. The molecule has 1 saturated heterocycles. The predicted octanol–water partition coefficient (Wildman–Crippen LogP) is 3.08. The van der Waals surface area contributed by atoms with Gasteiger partial charge in [0, 0.05) is 37.0 Å². The van der Waals surface area contributed by atoms with E-state index in [4.69, 9.17) is 5.10 Å². The van der Waals surface area contributed by atoms with Crippen molar-refractivity contribution < 1.29 is 10.2 Å². The minimum Gasteiger partial charge on any atom is -0.390 e. The van der Waals surface area contributed by atoms with Crippen molar-refractivity contribution in [2.75, 3.05) is 13.1 Å². The molecule has 0 radical (unpaired) electrons. The zero-order chi connectivity index (χ0) is 19.7. The highest BCUT2D eigenvalue weighted by molar-refractivity contribution is 5.64. The molecule has 2 heterocycles. The lowest BCUT2D eigenvalue weighted by Gasteiger charge is -2.33. The van der Waals surface area contributed by atoms with Crippen LogP contribution in [0.25, 0.3) is 16.9 Å². The lowest BCUT2D eigenvalue weighted by Crippen LogP contribution is -2.46. The Kier molecular flexibility index (Phi) is 5.31. The SMILES string of the molecule is Cc1ccc(-n2cc(CN3CC[C@@H](O)[C@H](O)C3)c(-c3cccc(C)c3)n2)cc1. The third-order valence-corrected chi connectivity index (χ3v) is 5.40. The van der Waals surface area contributed by atoms with Gasteiger partial charge in [0.25, 0.3) is 0 Å². The van der Waals surface area contributed by atoms with Crippen LogP contribution in [0.3, 0.4) is 0 Å². The Balaban J connectivity index is 1.69. The van der Waals surface area contributed by atoms with Crippen molar-refractivity contribution in [1.82, 2.24) is 14.7 Å². The number of aromatic nitrogens is 2. The van der Waals surface area contributed by atoms with Crippen molar-refractivity contribution in [3.8, 4) is 16.9 Å². The number of rotatable bonds is 4. The molecule has 2 aromatic carbocycles. The summed E-state index contributed by atoms with van der Waals surface area (Å²) in [7, 11) is 0. The number of benzene rings is 2. The quantitative estimate of drug-likeness (QED) is 0.734. The predicted molar refractivity (Wildman–Crippen MR) is 110 cm³/mol. The fourth-order valence-corrected chi connectivity index (χ4v) is 3.76. The monoisotopic (exact) mass is 377 g/mol. The molecule has 0 aliphatic carbocycles. The molecule has 5 heteroatoms. The normalized spacial score (nSPS) is 20.4. The molecule has 1 aliphatic rings. The minimum absolute atomic E-state index is 0.476. The molecule has 0 saturated carbocycles. The third-order valence-electron chi connectivity index (χ3n) is 5.40. The summed E-state index contributed by atoms with van der Waals surface area (Å²) < 4.78 is 1.93. The van der Waals surface area contributed by atoms with E-state index in [-0.39, 0.29) is 0 Å². The number of hydrogen-bond acceptors (Lipinski definition) is 4. The summed E-state index contributed by atoms with van der Waals surface area (Å²) in [4.78, 5) is 2.19. The number of hydrogen-bond donors (Lipinski definition) is 2. The molecule has 146 valence electrons. The van der Waals surface area contributed by atoms with Crippen molar-refractivity contribution >= 4 is 0 Å². The van der Waals surface area contributed by atoms with Crippen LogP contribution in [0.1, 0.15) is 23.1 Å². The van der Waals surface area contributed by atoms with Crippen molar-refractivity contribution in [2.24, 2.45) is 0 Å². The lowest BCUT2D eigenvalue weighted by atomic mass is 10.0. The molecule has 0 unspecified atom stereocenters. The smallest absolute Gasteiger partial charge is 0.0972 e. The van der Waals surface area contributed by atoms with E-state index < -0.39 is 12.2 Å². The van der Waals surface area contributed by atoms with Gasteiger partial charge in [-0.15, -0.1) is 0 Å². The van der Waals surface area contributed by atoms with E-state index in [1.807, 2.05) is 4.68 Å². The number of likely N-dealkylation sites (tertiary alicyclic amines) is 1. The van der Waals surface area contributed by atoms with Crippen molar-refractivity contribution in [1.29, 1.82) is 0 Å². The summed E-state index contributed by atoms with van der Waals surface area (Å²) >= 11 is 0. The van der Waals surface area contributed by atoms with E-state index in [0.29, 0.717) is 19.5 Å². The maximum absolute atomic E-state index is 10.0. The van der Waals surface area contributed by atoms with Crippen molar-refractivity contribution in [2.45, 2.75) is 39.0 Å². The Hall–Kier alpha value is -2.47. The molecule has 0 bridgehead atoms. The molecule has 0 spiro atoms. The second-order valence-corrected chi connectivity index (χ2v) is 7.81. The number of nitrogens with zero attached hydrogens (tertiary/aromatic N) is 3. The maximum atomic E-state index is 10.0. The zero-order valence-corrected chi connectivity index (χ0v) is 16.4. The fraction of sp³-hybridized carbons (Fsp3) is 0.348. The molecule has 0 amide bonds. The highest BCUT2D eigenvalue weighted by Crippen LogP contribution is 2.27. The summed E-state index contributed by atoms with van der Waals surface area (Å²) in [6, 6.07) is 16.7. The Morgan fingerprint density at radius 2 is 1.79 bits per heavy atom. The largest absolute Gasteiger partial charge is 0.390 e. The fourth-order valence-electron chi connectivity index (χ4n) is 3.76. The lowest BCUT2D eigenvalue weighted by molar-refractivity contribution is -0.0403. The van der Waals surface area contributed by atoms with Gasteiger partial charge >= 0.3 is 0 Å². The summed E-state index contributed by atoms with van der Waals surface area (Å²) in [5.74, 6) is 0. The Morgan fingerprint density at radius 1 is 1.00 bits per heavy atom. The second-order valence-electron chi connectivity index (χ2n) is 7.81.